The number of hydrogen-bond donors (Lipinski definition) is 3. The van der Waals surface area contributed by atoms with Gasteiger partial charge < -0.3 is 16.2 Å². The number of nitrogens with one attached hydrogen (secondary N) is 1. The van der Waals surface area contributed by atoms with E-state index in [4.69, 9.17) is 10.8 Å². The predicted octanol–water partition coefficient (Wildman–Crippen LogP) is -0.295. The Morgan fingerprint density at radius 3 is 2.57 bits per heavy atom. The van der Waals surface area contributed by atoms with Gasteiger partial charge in [-0.25, -0.2) is 0 Å². The highest BCUT2D eigenvalue weighted by molar-refractivity contribution is 5.85. The monoisotopic (exact) mass is 200 g/mol. The number of amides is 1. The predicted molar refractivity (Wildman–Crippen MR) is 50.6 cm³/mol. The van der Waals surface area contributed by atoms with Gasteiger partial charge in [0.2, 0.25) is 5.91 Å². The molecule has 0 spiro atoms. The number of rotatable bonds is 5. The number of carboxylic acid groups (broad SMARTS) is 1. The van der Waals surface area contributed by atoms with Gasteiger partial charge >= 0.3 is 5.97 Å². The van der Waals surface area contributed by atoms with Crippen molar-refractivity contribution in [2.45, 2.75) is 31.7 Å². The number of carbonyl (C=O) groups excluding carboxylic acids is 1. The molecule has 5 nitrogen and oxygen atoms in total. The van der Waals surface area contributed by atoms with E-state index < -0.39 is 12.0 Å². The van der Waals surface area contributed by atoms with Crippen molar-refractivity contribution < 1.29 is 14.7 Å². The second-order valence-electron chi connectivity index (χ2n) is 3.75. The van der Waals surface area contributed by atoms with Crippen LogP contribution in [-0.4, -0.2) is 29.6 Å². The normalized spacial score (nSPS) is 18.4. The van der Waals surface area contributed by atoms with E-state index in [1.165, 1.54) is 6.42 Å². The molecule has 80 valence electrons. The van der Waals surface area contributed by atoms with Crippen molar-refractivity contribution in [2.75, 3.05) is 6.54 Å². The molecular formula is C9H16N2O3. The van der Waals surface area contributed by atoms with Gasteiger partial charge in [-0.1, -0.05) is 6.42 Å². The van der Waals surface area contributed by atoms with Crippen LogP contribution in [0.5, 0.6) is 0 Å². The zero-order valence-corrected chi connectivity index (χ0v) is 8.03. The van der Waals surface area contributed by atoms with Gasteiger partial charge in [-0.3, -0.25) is 9.59 Å². The van der Waals surface area contributed by atoms with Crippen molar-refractivity contribution in [2.24, 2.45) is 11.7 Å². The quantitative estimate of drug-likeness (QED) is 0.568. The van der Waals surface area contributed by atoms with Crippen molar-refractivity contribution in [3.63, 3.8) is 0 Å². The largest absolute Gasteiger partial charge is 0.481 e. The summed E-state index contributed by atoms with van der Waals surface area (Å²) >= 11 is 0. The average Bonchev–Trinajstić information content (AvgIpc) is 1.99. The van der Waals surface area contributed by atoms with Gasteiger partial charge in [-0.2, -0.15) is 0 Å². The van der Waals surface area contributed by atoms with E-state index >= 15 is 0 Å². The minimum absolute atomic E-state index is 0.309. The van der Waals surface area contributed by atoms with Gasteiger partial charge in [0.15, 0.2) is 0 Å². The molecule has 1 aliphatic carbocycles. The van der Waals surface area contributed by atoms with Crippen LogP contribution in [0.2, 0.25) is 0 Å². The van der Waals surface area contributed by atoms with Crippen LogP contribution in [0.3, 0.4) is 0 Å². The van der Waals surface area contributed by atoms with Crippen molar-refractivity contribution in [1.82, 2.24) is 5.32 Å². The molecular weight excluding hydrogens is 184 g/mol. The van der Waals surface area contributed by atoms with Crippen molar-refractivity contribution in [3.05, 3.63) is 0 Å². The van der Waals surface area contributed by atoms with Gasteiger partial charge in [0.05, 0.1) is 12.5 Å². The van der Waals surface area contributed by atoms with Crippen LogP contribution in [-0.2, 0) is 9.59 Å². The molecule has 14 heavy (non-hydrogen) atoms. The van der Waals surface area contributed by atoms with Crippen LogP contribution in [0.25, 0.3) is 0 Å². The first-order chi connectivity index (χ1) is 6.59. The highest BCUT2D eigenvalue weighted by atomic mass is 16.4. The fourth-order valence-electron chi connectivity index (χ4n) is 1.35. The second kappa shape index (κ2) is 4.95. The van der Waals surface area contributed by atoms with Gasteiger partial charge in [0, 0.05) is 6.54 Å². The number of nitrogens with two attached hydrogens (primary N) is 1. The van der Waals surface area contributed by atoms with Crippen LogP contribution in [0.15, 0.2) is 0 Å². The highest BCUT2D eigenvalue weighted by Gasteiger charge is 2.21. The summed E-state index contributed by atoms with van der Waals surface area (Å²) in [6.07, 6.45) is 3.21. The SMILES string of the molecule is NC(CC(=O)O)C(=O)NCC1CCC1. The summed E-state index contributed by atoms with van der Waals surface area (Å²) in [7, 11) is 0. The maximum atomic E-state index is 11.2. The Balaban J connectivity index is 2.15. The van der Waals surface area contributed by atoms with Crippen LogP contribution in [0, 0.1) is 5.92 Å². The van der Waals surface area contributed by atoms with Crippen molar-refractivity contribution in [3.8, 4) is 0 Å². The second-order valence-corrected chi connectivity index (χ2v) is 3.75. The molecule has 4 N–H and O–H groups in total. The van der Waals surface area contributed by atoms with E-state index in [1.54, 1.807) is 0 Å². The standard InChI is InChI=1S/C9H16N2O3/c10-7(4-8(12)13)9(14)11-5-6-2-1-3-6/h6-7H,1-5,10H2,(H,11,14)(H,12,13). The Kier molecular flexibility index (Phi) is 3.88. The molecule has 0 heterocycles. The Bertz CT molecular complexity index is 226. The van der Waals surface area contributed by atoms with E-state index in [0.29, 0.717) is 12.5 Å². The molecule has 1 unspecified atom stereocenters. The molecule has 0 aromatic rings. The zero-order chi connectivity index (χ0) is 10.6. The molecule has 1 amide bonds. The third-order valence-corrected chi connectivity index (χ3v) is 2.52. The summed E-state index contributed by atoms with van der Waals surface area (Å²) in [6, 6.07) is -0.924. The number of carbonyl (C=O) groups is 2. The summed E-state index contributed by atoms with van der Waals surface area (Å²) in [5.74, 6) is -0.841. The summed E-state index contributed by atoms with van der Waals surface area (Å²) in [5, 5.41) is 11.1. The third-order valence-electron chi connectivity index (χ3n) is 2.52. The van der Waals surface area contributed by atoms with Gasteiger partial charge in [-0.15, -0.1) is 0 Å². The number of carboxylic acids is 1. The van der Waals surface area contributed by atoms with Crippen LogP contribution >= 0.6 is 0 Å². The lowest BCUT2D eigenvalue weighted by Crippen LogP contribution is -2.44. The molecule has 0 aromatic carbocycles. The van der Waals surface area contributed by atoms with E-state index in [2.05, 4.69) is 5.32 Å². The van der Waals surface area contributed by atoms with E-state index in [1.807, 2.05) is 0 Å². The summed E-state index contributed by atoms with van der Waals surface area (Å²) in [4.78, 5) is 21.5. The first kappa shape index (κ1) is 11.0. The molecule has 1 fully saturated rings. The van der Waals surface area contributed by atoms with Gasteiger partial charge in [0.25, 0.3) is 0 Å². The molecule has 0 radical (unpaired) electrons. The van der Waals surface area contributed by atoms with Crippen LogP contribution in [0.4, 0.5) is 0 Å². The Morgan fingerprint density at radius 1 is 1.50 bits per heavy atom. The smallest absolute Gasteiger partial charge is 0.305 e. The van der Waals surface area contributed by atoms with Crippen molar-refractivity contribution >= 4 is 11.9 Å². The van der Waals surface area contributed by atoms with Crippen LogP contribution < -0.4 is 11.1 Å². The fraction of sp³-hybridized carbons (Fsp3) is 0.778. The average molecular weight is 200 g/mol. The maximum absolute atomic E-state index is 11.2. The third kappa shape index (κ3) is 3.33. The first-order valence-corrected chi connectivity index (χ1v) is 4.84. The molecule has 1 atom stereocenters. The topological polar surface area (TPSA) is 92.4 Å². The Morgan fingerprint density at radius 2 is 2.14 bits per heavy atom. The maximum Gasteiger partial charge on any atom is 0.305 e. The van der Waals surface area contributed by atoms with Gasteiger partial charge in [0.1, 0.15) is 0 Å². The lowest BCUT2D eigenvalue weighted by Gasteiger charge is -2.25. The summed E-state index contributed by atoms with van der Waals surface area (Å²) < 4.78 is 0. The fourth-order valence-corrected chi connectivity index (χ4v) is 1.35. The Hall–Kier alpha value is -1.10. The molecule has 1 rings (SSSR count). The molecule has 0 aromatic heterocycles. The lowest BCUT2D eigenvalue weighted by atomic mass is 9.85. The number of aliphatic carboxylic acids is 1. The minimum atomic E-state index is -1.05. The van der Waals surface area contributed by atoms with E-state index in [9.17, 15) is 9.59 Å². The zero-order valence-electron chi connectivity index (χ0n) is 8.03. The summed E-state index contributed by atoms with van der Waals surface area (Å²) in [6.45, 7) is 0.631. The number of hydrogen-bond acceptors (Lipinski definition) is 3. The molecule has 0 aliphatic heterocycles. The van der Waals surface area contributed by atoms with Crippen LogP contribution in [0.1, 0.15) is 25.7 Å². The van der Waals surface area contributed by atoms with E-state index in [-0.39, 0.29) is 12.3 Å². The van der Waals surface area contributed by atoms with E-state index in [0.717, 1.165) is 12.8 Å². The lowest BCUT2D eigenvalue weighted by molar-refractivity contribution is -0.139. The molecule has 0 bridgehead atoms. The molecule has 0 saturated heterocycles. The van der Waals surface area contributed by atoms with Crippen molar-refractivity contribution in [1.29, 1.82) is 0 Å². The van der Waals surface area contributed by atoms with Gasteiger partial charge in [-0.05, 0) is 18.8 Å². The minimum Gasteiger partial charge on any atom is -0.481 e. The molecule has 1 aliphatic rings. The molecule has 1 saturated carbocycles. The first-order valence-electron chi connectivity index (χ1n) is 4.84. The summed E-state index contributed by atoms with van der Waals surface area (Å²) in [5.41, 5.74) is 5.37. The molecule has 5 heteroatoms. The Labute approximate surface area is 82.7 Å². The highest BCUT2D eigenvalue weighted by Crippen LogP contribution is 2.25.